The fourth-order valence-corrected chi connectivity index (χ4v) is 0.637. The van der Waals surface area contributed by atoms with Crippen LogP contribution in [0, 0.1) is 0 Å². The molecule has 5 nitrogen and oxygen atoms in total. The molecular weight excluding hydrogens is 176 g/mol. The predicted octanol–water partition coefficient (Wildman–Crippen LogP) is -0.0587. The molecule has 5 heteroatoms. The minimum atomic E-state index is -2.44. The lowest BCUT2D eigenvalue weighted by Gasteiger charge is -2.18. The number of esters is 1. The Balaban J connectivity index is 4.47. The van der Waals surface area contributed by atoms with Crippen molar-refractivity contribution >= 4 is 11.9 Å². The first-order valence-corrected chi connectivity index (χ1v) is 3.73. The minimum absolute atomic E-state index is 0.117. The molecule has 0 aromatic rings. The second-order valence-electron chi connectivity index (χ2n) is 2.41. The summed E-state index contributed by atoms with van der Waals surface area (Å²) in [5, 5.41) is 17.8. The molecule has 13 heavy (non-hydrogen) atoms. The third-order valence-electron chi connectivity index (χ3n) is 1.54. The van der Waals surface area contributed by atoms with Crippen LogP contribution in [0.15, 0.2) is 12.7 Å². The van der Waals surface area contributed by atoms with E-state index in [4.69, 9.17) is 5.11 Å². The molecule has 0 heterocycles. The van der Waals surface area contributed by atoms with Crippen LogP contribution in [0.4, 0.5) is 0 Å². The van der Waals surface area contributed by atoms with Gasteiger partial charge in [0.15, 0.2) is 0 Å². The Morgan fingerprint density at radius 3 is 2.46 bits per heavy atom. The largest absolute Gasteiger partial charge is 0.479 e. The van der Waals surface area contributed by atoms with E-state index in [1.165, 1.54) is 13.0 Å². The minimum Gasteiger partial charge on any atom is -0.479 e. The van der Waals surface area contributed by atoms with Crippen molar-refractivity contribution in [2.75, 3.05) is 6.61 Å². The molecule has 0 bridgehead atoms. The summed E-state index contributed by atoms with van der Waals surface area (Å²) in [6, 6.07) is 0. The molecule has 0 aromatic heterocycles. The van der Waals surface area contributed by atoms with Crippen LogP contribution in [-0.4, -0.2) is 34.4 Å². The maximum absolute atomic E-state index is 11.0. The lowest BCUT2D eigenvalue weighted by molar-refractivity contribution is -0.179. The van der Waals surface area contributed by atoms with Crippen molar-refractivity contribution in [3.8, 4) is 0 Å². The van der Waals surface area contributed by atoms with Crippen LogP contribution in [0.25, 0.3) is 0 Å². The van der Waals surface area contributed by atoms with Gasteiger partial charge >= 0.3 is 11.9 Å². The summed E-state index contributed by atoms with van der Waals surface area (Å²) in [6.07, 6.45) is 1.05. The third kappa shape index (κ3) is 2.55. The maximum Gasteiger partial charge on any atom is 0.350 e. The lowest BCUT2D eigenvalue weighted by Crippen LogP contribution is -2.47. The number of carboxylic acids is 1. The van der Waals surface area contributed by atoms with Crippen LogP contribution in [0.5, 0.6) is 0 Å². The lowest BCUT2D eigenvalue weighted by atomic mass is 10.0. The Kier molecular flexibility index (Phi) is 4.13. The Bertz CT molecular complexity index is 223. The van der Waals surface area contributed by atoms with Crippen molar-refractivity contribution in [1.29, 1.82) is 0 Å². The normalized spacial score (nSPS) is 14.3. The van der Waals surface area contributed by atoms with E-state index in [9.17, 15) is 14.7 Å². The molecule has 0 amide bonds. The number of aliphatic carboxylic acids is 1. The van der Waals surface area contributed by atoms with Gasteiger partial charge in [-0.15, -0.1) is 0 Å². The fourth-order valence-electron chi connectivity index (χ4n) is 0.637. The van der Waals surface area contributed by atoms with Crippen LogP contribution >= 0.6 is 0 Å². The zero-order chi connectivity index (χ0) is 10.5. The second kappa shape index (κ2) is 4.61. The van der Waals surface area contributed by atoms with Gasteiger partial charge in [-0.1, -0.05) is 19.6 Å². The van der Waals surface area contributed by atoms with Crippen LogP contribution in [-0.2, 0) is 14.3 Å². The van der Waals surface area contributed by atoms with Crippen molar-refractivity contribution in [2.24, 2.45) is 0 Å². The first-order chi connectivity index (χ1) is 5.99. The average Bonchev–Trinajstić information content (AvgIpc) is 2.12. The van der Waals surface area contributed by atoms with E-state index < -0.39 is 17.5 Å². The summed E-state index contributed by atoms with van der Waals surface area (Å²) in [5.41, 5.74) is -2.44. The van der Waals surface area contributed by atoms with E-state index in [1.807, 2.05) is 0 Å². The van der Waals surface area contributed by atoms with Crippen molar-refractivity contribution in [3.63, 3.8) is 0 Å². The van der Waals surface area contributed by atoms with E-state index in [2.05, 4.69) is 11.3 Å². The zero-order valence-electron chi connectivity index (χ0n) is 7.32. The Labute approximate surface area is 75.6 Å². The summed E-state index contributed by atoms with van der Waals surface area (Å²) >= 11 is 0. The summed E-state index contributed by atoms with van der Waals surface area (Å²) in [6.45, 7) is 4.54. The van der Waals surface area contributed by atoms with Crippen LogP contribution in [0.3, 0.4) is 0 Å². The molecule has 0 aromatic carbocycles. The van der Waals surface area contributed by atoms with Gasteiger partial charge in [0.2, 0.25) is 0 Å². The molecule has 0 aliphatic carbocycles. The van der Waals surface area contributed by atoms with Gasteiger partial charge in [0, 0.05) is 0 Å². The monoisotopic (exact) mass is 188 g/mol. The van der Waals surface area contributed by atoms with Gasteiger partial charge < -0.3 is 14.9 Å². The number of hydrogen-bond donors (Lipinski definition) is 2. The number of carboxylic acid groups (broad SMARTS) is 1. The Morgan fingerprint density at radius 2 is 2.15 bits per heavy atom. The highest BCUT2D eigenvalue weighted by Crippen LogP contribution is 2.12. The van der Waals surface area contributed by atoms with Gasteiger partial charge in [0.1, 0.15) is 6.61 Å². The van der Waals surface area contributed by atoms with E-state index in [1.54, 1.807) is 0 Å². The highest BCUT2D eigenvalue weighted by molar-refractivity contribution is 6.02. The van der Waals surface area contributed by atoms with Crippen LogP contribution in [0.1, 0.15) is 13.3 Å². The molecule has 0 spiro atoms. The van der Waals surface area contributed by atoms with Crippen LogP contribution < -0.4 is 0 Å². The number of rotatable bonds is 5. The summed E-state index contributed by atoms with van der Waals surface area (Å²) in [5.74, 6) is -2.77. The summed E-state index contributed by atoms with van der Waals surface area (Å²) < 4.78 is 4.42. The standard InChI is InChI=1S/C8H12O5/c1-3-5-13-7(11)8(12,4-2)6(9)10/h3,12H,1,4-5H2,2H3,(H,9,10). The average molecular weight is 188 g/mol. The molecule has 0 aliphatic rings. The van der Waals surface area contributed by atoms with E-state index in [-0.39, 0.29) is 13.0 Å². The summed E-state index contributed by atoms with van der Waals surface area (Å²) in [4.78, 5) is 21.5. The molecule has 1 unspecified atom stereocenters. The molecule has 1 atom stereocenters. The SMILES string of the molecule is C=CCOC(=O)C(O)(CC)C(=O)O. The van der Waals surface area contributed by atoms with Crippen molar-refractivity contribution < 1.29 is 24.5 Å². The number of aliphatic hydroxyl groups is 1. The molecule has 74 valence electrons. The van der Waals surface area contributed by atoms with Gasteiger partial charge in [0.25, 0.3) is 5.60 Å². The number of hydrogen-bond acceptors (Lipinski definition) is 4. The molecule has 0 saturated heterocycles. The number of carbonyl (C=O) groups excluding carboxylic acids is 1. The van der Waals surface area contributed by atoms with Gasteiger partial charge in [-0.05, 0) is 6.42 Å². The fraction of sp³-hybridized carbons (Fsp3) is 0.500. The summed E-state index contributed by atoms with van der Waals surface area (Å²) in [7, 11) is 0. The van der Waals surface area contributed by atoms with Gasteiger partial charge in [0.05, 0.1) is 0 Å². The second-order valence-corrected chi connectivity index (χ2v) is 2.41. The molecule has 0 fully saturated rings. The van der Waals surface area contributed by atoms with Crippen molar-refractivity contribution in [3.05, 3.63) is 12.7 Å². The zero-order valence-corrected chi connectivity index (χ0v) is 7.32. The quantitative estimate of drug-likeness (QED) is 0.359. The number of ether oxygens (including phenoxy) is 1. The molecule has 0 aliphatic heterocycles. The molecule has 0 saturated carbocycles. The first kappa shape index (κ1) is 11.6. The topological polar surface area (TPSA) is 83.8 Å². The van der Waals surface area contributed by atoms with E-state index in [0.717, 1.165) is 0 Å². The maximum atomic E-state index is 11.0. The Morgan fingerprint density at radius 1 is 1.62 bits per heavy atom. The number of carbonyl (C=O) groups is 2. The van der Waals surface area contributed by atoms with E-state index in [0.29, 0.717) is 0 Å². The smallest absolute Gasteiger partial charge is 0.350 e. The van der Waals surface area contributed by atoms with E-state index >= 15 is 0 Å². The molecular formula is C8H12O5. The van der Waals surface area contributed by atoms with Crippen molar-refractivity contribution in [1.82, 2.24) is 0 Å². The molecule has 0 rings (SSSR count). The molecule has 0 radical (unpaired) electrons. The van der Waals surface area contributed by atoms with Gasteiger partial charge in [-0.3, -0.25) is 0 Å². The van der Waals surface area contributed by atoms with Gasteiger partial charge in [-0.2, -0.15) is 0 Å². The highest BCUT2D eigenvalue weighted by Gasteiger charge is 2.44. The van der Waals surface area contributed by atoms with Crippen LogP contribution in [0.2, 0.25) is 0 Å². The third-order valence-corrected chi connectivity index (χ3v) is 1.54. The van der Waals surface area contributed by atoms with Crippen molar-refractivity contribution in [2.45, 2.75) is 18.9 Å². The first-order valence-electron chi connectivity index (χ1n) is 3.73. The van der Waals surface area contributed by atoms with Gasteiger partial charge in [-0.25, -0.2) is 9.59 Å². The highest BCUT2D eigenvalue weighted by atomic mass is 16.6. The Hall–Kier alpha value is -1.36. The predicted molar refractivity (Wildman–Crippen MR) is 44.0 cm³/mol. The molecule has 2 N–H and O–H groups in total.